The van der Waals surface area contributed by atoms with Gasteiger partial charge in [0.1, 0.15) is 5.78 Å². The number of rotatable bonds is 6. The van der Waals surface area contributed by atoms with E-state index in [1.807, 2.05) is 6.92 Å². The number of carbonyl (C=O) groups is 2. The Morgan fingerprint density at radius 1 is 1.06 bits per heavy atom. The third kappa shape index (κ3) is 3.57. The number of aliphatic carboxylic acids is 1. The lowest BCUT2D eigenvalue weighted by Crippen LogP contribution is -2.57. The highest BCUT2D eigenvalue weighted by Crippen LogP contribution is 2.73. The van der Waals surface area contributed by atoms with Crippen LogP contribution in [0.25, 0.3) is 0 Å². The van der Waals surface area contributed by atoms with Crippen LogP contribution < -0.4 is 0 Å². The van der Waals surface area contributed by atoms with Crippen LogP contribution in [0.3, 0.4) is 0 Å². The minimum atomic E-state index is -0.662. The van der Waals surface area contributed by atoms with E-state index in [2.05, 4.69) is 47.6 Å². The van der Waals surface area contributed by atoms with Crippen molar-refractivity contribution in [1.82, 2.24) is 0 Å². The van der Waals surface area contributed by atoms with Crippen LogP contribution in [0, 0.1) is 51.2 Å². The molecule has 0 aromatic carbocycles. The predicted octanol–water partition coefficient (Wildman–Crippen LogP) is 7.69. The summed E-state index contributed by atoms with van der Waals surface area (Å²) in [6.07, 6.45) is 13.6. The summed E-state index contributed by atoms with van der Waals surface area (Å²) in [5.74, 6) is 2.05. The van der Waals surface area contributed by atoms with Gasteiger partial charge in [-0.15, -0.1) is 0 Å². The fourth-order valence-corrected chi connectivity index (χ4v) is 9.54. The molecule has 3 fully saturated rings. The number of hydrogen-bond acceptors (Lipinski definition) is 2. The van der Waals surface area contributed by atoms with Gasteiger partial charge in [-0.05, 0) is 84.9 Å². The van der Waals surface area contributed by atoms with E-state index >= 15 is 0 Å². The van der Waals surface area contributed by atoms with E-state index in [4.69, 9.17) is 0 Å². The maximum atomic E-state index is 12.8. The van der Waals surface area contributed by atoms with Gasteiger partial charge in [0.2, 0.25) is 0 Å². The molecule has 4 aliphatic rings. The molecule has 33 heavy (non-hydrogen) atoms. The smallest absolute Gasteiger partial charge is 0.306 e. The second kappa shape index (κ2) is 8.23. The first kappa shape index (κ1) is 25.0. The largest absolute Gasteiger partial charge is 0.481 e. The summed E-state index contributed by atoms with van der Waals surface area (Å²) in [4.78, 5) is 24.0. The number of carboxylic acids is 1. The zero-order valence-electron chi connectivity index (χ0n) is 22.3. The second-order valence-electron chi connectivity index (χ2n) is 13.7. The Kier molecular flexibility index (Phi) is 6.23. The molecule has 0 aromatic rings. The van der Waals surface area contributed by atoms with Crippen molar-refractivity contribution in [2.24, 2.45) is 51.2 Å². The van der Waals surface area contributed by atoms with Gasteiger partial charge in [-0.3, -0.25) is 9.59 Å². The van der Waals surface area contributed by atoms with Crippen LogP contribution in [0.1, 0.15) is 113 Å². The molecule has 0 spiro atoms. The van der Waals surface area contributed by atoms with Gasteiger partial charge in [0.15, 0.2) is 0 Å². The van der Waals surface area contributed by atoms with E-state index in [1.54, 1.807) is 5.57 Å². The molecule has 0 saturated heterocycles. The molecule has 1 N–H and O–H groups in total. The van der Waals surface area contributed by atoms with Crippen molar-refractivity contribution in [3.8, 4) is 0 Å². The zero-order chi connectivity index (χ0) is 24.4. The Hall–Kier alpha value is -1.12. The third-order valence-electron chi connectivity index (χ3n) is 12.1. The van der Waals surface area contributed by atoms with Crippen LogP contribution in [0.4, 0.5) is 0 Å². The first-order chi connectivity index (χ1) is 15.3. The fourth-order valence-electron chi connectivity index (χ4n) is 9.54. The first-order valence-electron chi connectivity index (χ1n) is 13.8. The molecule has 0 amide bonds. The SMILES string of the molecule is CC(CCC[C@H](C)[C@@H]1CC[C@]2(C)C3=CC[C@@H]4C(C)(C)C(=O)CC[C@]4(C)[C@H]3CC[C@@]12C)C(=O)O. The average Bonchev–Trinajstić information content (AvgIpc) is 3.02. The fraction of sp³-hybridized carbons (Fsp3) is 0.867. The van der Waals surface area contributed by atoms with Gasteiger partial charge >= 0.3 is 5.97 Å². The van der Waals surface area contributed by atoms with Gasteiger partial charge in [0.05, 0.1) is 5.92 Å². The number of hydrogen-bond donors (Lipinski definition) is 1. The molecule has 0 aliphatic heterocycles. The molecule has 4 aliphatic carbocycles. The monoisotopic (exact) mass is 456 g/mol. The van der Waals surface area contributed by atoms with Gasteiger partial charge < -0.3 is 5.11 Å². The van der Waals surface area contributed by atoms with Crippen molar-refractivity contribution in [2.75, 3.05) is 0 Å². The van der Waals surface area contributed by atoms with Crippen LogP contribution >= 0.6 is 0 Å². The van der Waals surface area contributed by atoms with E-state index in [9.17, 15) is 14.7 Å². The Balaban J connectivity index is 1.56. The summed E-state index contributed by atoms with van der Waals surface area (Å²) < 4.78 is 0. The molecule has 0 bridgehead atoms. The topological polar surface area (TPSA) is 54.4 Å². The van der Waals surface area contributed by atoms with Crippen LogP contribution in [0.2, 0.25) is 0 Å². The third-order valence-corrected chi connectivity index (χ3v) is 12.1. The maximum absolute atomic E-state index is 12.8. The van der Waals surface area contributed by atoms with Crippen molar-refractivity contribution >= 4 is 11.8 Å². The highest BCUT2D eigenvalue weighted by atomic mass is 16.4. The van der Waals surface area contributed by atoms with Crippen molar-refractivity contribution in [3.63, 3.8) is 0 Å². The standard InChI is InChI=1S/C30H48O3/c1-19(9-8-10-20(2)26(32)33)21-13-17-30(7)23-11-12-24-27(3,4)25(31)15-16-28(24,5)22(23)14-18-29(21,30)6/h11,19-22,24H,8-10,12-18H2,1-7H3,(H,32,33)/t19-,20?,21-,22-,24+,28+,29-,30+/m0/s1. The van der Waals surface area contributed by atoms with Crippen LogP contribution in [-0.4, -0.2) is 16.9 Å². The van der Waals surface area contributed by atoms with E-state index < -0.39 is 5.97 Å². The normalized spacial score (nSPS) is 43.7. The lowest BCUT2D eigenvalue weighted by Gasteiger charge is -2.63. The quantitative estimate of drug-likeness (QED) is 0.417. The molecule has 3 saturated carbocycles. The van der Waals surface area contributed by atoms with Crippen molar-refractivity contribution in [2.45, 2.75) is 113 Å². The number of carboxylic acid groups (broad SMARTS) is 1. The van der Waals surface area contributed by atoms with Crippen LogP contribution in [0.15, 0.2) is 11.6 Å². The highest BCUT2D eigenvalue weighted by molar-refractivity contribution is 5.85. The summed E-state index contributed by atoms with van der Waals surface area (Å²) >= 11 is 0. The summed E-state index contributed by atoms with van der Waals surface area (Å²) in [5, 5.41) is 9.22. The van der Waals surface area contributed by atoms with Crippen LogP contribution in [-0.2, 0) is 9.59 Å². The van der Waals surface area contributed by atoms with E-state index in [1.165, 1.54) is 25.7 Å². The Morgan fingerprint density at radius 2 is 1.76 bits per heavy atom. The molecule has 0 heterocycles. The molecule has 0 radical (unpaired) electrons. The molecule has 0 aromatic heterocycles. The molecular weight excluding hydrogens is 408 g/mol. The minimum Gasteiger partial charge on any atom is -0.481 e. The predicted molar refractivity (Wildman–Crippen MR) is 134 cm³/mol. The maximum Gasteiger partial charge on any atom is 0.306 e. The highest BCUT2D eigenvalue weighted by Gasteiger charge is 2.65. The first-order valence-corrected chi connectivity index (χ1v) is 13.8. The lowest BCUT2D eigenvalue weighted by atomic mass is 9.41. The number of fused-ring (bicyclic) bond motifs is 5. The second-order valence-corrected chi connectivity index (χ2v) is 13.7. The number of ketones is 1. The number of carbonyl (C=O) groups excluding carboxylic acids is 1. The Bertz CT molecular complexity index is 839. The molecule has 186 valence electrons. The summed E-state index contributed by atoms with van der Waals surface area (Å²) in [5.41, 5.74) is 2.40. The van der Waals surface area contributed by atoms with Gasteiger partial charge in [-0.1, -0.05) is 73.0 Å². The molecule has 3 nitrogen and oxygen atoms in total. The number of Topliss-reactive ketones (excluding diaryl/α,β-unsaturated/α-hetero) is 1. The van der Waals surface area contributed by atoms with Crippen LogP contribution in [0.5, 0.6) is 0 Å². The van der Waals surface area contributed by atoms with Crippen molar-refractivity contribution in [1.29, 1.82) is 0 Å². The van der Waals surface area contributed by atoms with Crippen molar-refractivity contribution in [3.05, 3.63) is 11.6 Å². The van der Waals surface area contributed by atoms with Gasteiger partial charge in [0.25, 0.3) is 0 Å². The molecular formula is C30H48O3. The van der Waals surface area contributed by atoms with Gasteiger partial charge in [-0.2, -0.15) is 0 Å². The average molecular weight is 457 g/mol. The lowest BCUT2D eigenvalue weighted by molar-refractivity contribution is -0.146. The molecule has 3 heteroatoms. The van der Waals surface area contributed by atoms with E-state index in [0.29, 0.717) is 29.0 Å². The summed E-state index contributed by atoms with van der Waals surface area (Å²) in [6, 6.07) is 0. The number of allylic oxidation sites excluding steroid dienone is 2. The Labute approximate surface area is 202 Å². The van der Waals surface area contributed by atoms with Crippen molar-refractivity contribution < 1.29 is 14.7 Å². The molecule has 8 atom stereocenters. The van der Waals surface area contributed by atoms with Gasteiger partial charge in [-0.25, -0.2) is 0 Å². The zero-order valence-corrected chi connectivity index (χ0v) is 22.3. The summed E-state index contributed by atoms with van der Waals surface area (Å²) in [7, 11) is 0. The Morgan fingerprint density at radius 3 is 2.42 bits per heavy atom. The van der Waals surface area contributed by atoms with E-state index in [-0.39, 0.29) is 22.2 Å². The molecule has 1 unspecified atom stereocenters. The van der Waals surface area contributed by atoms with Gasteiger partial charge in [0, 0.05) is 11.8 Å². The summed E-state index contributed by atoms with van der Waals surface area (Å²) in [6.45, 7) is 16.4. The minimum absolute atomic E-state index is 0.198. The van der Waals surface area contributed by atoms with E-state index in [0.717, 1.165) is 44.4 Å². The molecule has 4 rings (SSSR count).